The van der Waals surface area contributed by atoms with Gasteiger partial charge in [0.25, 0.3) is 0 Å². The molecule has 0 bridgehead atoms. The Morgan fingerprint density at radius 3 is 0.947 bits per heavy atom. The zero-order valence-electron chi connectivity index (χ0n) is 10.8. The summed E-state index contributed by atoms with van der Waals surface area (Å²) in [7, 11) is 4.35. The summed E-state index contributed by atoms with van der Waals surface area (Å²) in [5, 5.41) is 41.8. The van der Waals surface area contributed by atoms with Gasteiger partial charge < -0.3 is 9.80 Å². The van der Waals surface area contributed by atoms with Crippen LogP contribution < -0.4 is 0 Å². The van der Waals surface area contributed by atoms with Gasteiger partial charge in [0, 0.05) is 26.2 Å². The first-order valence-corrected chi connectivity index (χ1v) is 7.92. The van der Waals surface area contributed by atoms with Gasteiger partial charge in [-0.1, -0.05) is 0 Å². The minimum atomic E-state index is -4.78. The van der Waals surface area contributed by atoms with Gasteiger partial charge in [-0.2, -0.15) is 0 Å². The molecule has 0 radical (unpaired) electrons. The van der Waals surface area contributed by atoms with Gasteiger partial charge in [-0.25, -0.2) is 0 Å². The monoisotopic (exact) mass is 300 g/mol. The van der Waals surface area contributed by atoms with Crippen LogP contribution in [0.4, 0.5) is 0 Å². The Morgan fingerprint density at radius 2 is 0.842 bits per heavy atom. The number of likely N-dealkylation sites (N-methyl/N-ethyl adjacent to an activating group) is 2. The summed E-state index contributed by atoms with van der Waals surface area (Å²) in [6.45, 7) is 4.93. The van der Waals surface area contributed by atoms with Gasteiger partial charge in [0.2, 0.25) is 0 Å². The molecular formula is C11H14FeN7. The zero-order chi connectivity index (χ0) is 15.0. The molecule has 19 heavy (non-hydrogen) atoms. The predicted molar refractivity (Wildman–Crippen MR) is 63.1 cm³/mol. The van der Waals surface area contributed by atoms with E-state index in [-0.39, 0.29) is 0 Å². The fourth-order valence-corrected chi connectivity index (χ4v) is 1.64. The molecule has 1 heterocycles. The van der Waals surface area contributed by atoms with E-state index >= 15 is 0 Å². The number of hydrogen-bond acceptors (Lipinski definition) is 7. The molecule has 0 N–H and O–H groups in total. The second-order valence-corrected chi connectivity index (χ2v) is 7.88. The molecule has 1 aliphatic rings. The van der Waals surface area contributed by atoms with E-state index in [0.717, 1.165) is 0 Å². The number of hydrogen-bond donors (Lipinski definition) is 0. The second-order valence-electron chi connectivity index (χ2n) is 3.89. The number of piperazine rings is 1. The van der Waals surface area contributed by atoms with E-state index in [9.17, 15) is 0 Å². The molecular weight excluding hydrogens is 286 g/mol. The van der Waals surface area contributed by atoms with Crippen LogP contribution in [0, 0.1) is 51.1 Å². The fraction of sp³-hybridized carbons (Fsp3) is 0.545. The van der Waals surface area contributed by atoms with Crippen LogP contribution in [-0.4, -0.2) is 50.1 Å². The normalized spacial score (nSPS) is 17.6. The quantitative estimate of drug-likeness (QED) is 0.574. The Hall–Kier alpha value is -2.11. The van der Waals surface area contributed by atoms with Crippen molar-refractivity contribution in [1.82, 2.24) is 9.80 Å². The van der Waals surface area contributed by atoms with Gasteiger partial charge in [-0.3, -0.25) is 0 Å². The van der Waals surface area contributed by atoms with E-state index in [2.05, 4.69) is 23.9 Å². The first-order valence-electron chi connectivity index (χ1n) is 5.16. The van der Waals surface area contributed by atoms with Gasteiger partial charge in [-0.05, 0) is 14.1 Å². The SMILES string of the molecule is CN1CCN(C)CC1.N#[C][Fe]([C]#N)([C]#N)([C]#N)[C]#N. The Balaban J connectivity index is 0.000000356. The number of nitrogens with zero attached hydrogens (tertiary/aromatic N) is 7. The van der Waals surface area contributed by atoms with E-state index in [1.807, 2.05) is 0 Å². The first-order chi connectivity index (χ1) is 8.90. The van der Waals surface area contributed by atoms with Crippen molar-refractivity contribution in [3.8, 4) is 24.8 Å². The Labute approximate surface area is 113 Å². The third-order valence-electron chi connectivity index (χ3n) is 2.52. The van der Waals surface area contributed by atoms with E-state index in [4.69, 9.17) is 26.3 Å². The van der Waals surface area contributed by atoms with Gasteiger partial charge in [0.15, 0.2) is 0 Å². The molecule has 0 saturated carbocycles. The zero-order valence-corrected chi connectivity index (χ0v) is 11.9. The summed E-state index contributed by atoms with van der Waals surface area (Å²) in [6.07, 6.45) is 0. The maximum absolute atomic E-state index is 8.35. The Morgan fingerprint density at radius 1 is 0.632 bits per heavy atom. The molecule has 0 atom stereocenters. The van der Waals surface area contributed by atoms with Crippen molar-refractivity contribution < 1.29 is 11.8 Å². The molecule has 0 aliphatic carbocycles. The predicted octanol–water partition coefficient (Wildman–Crippen LogP) is -0.0550. The van der Waals surface area contributed by atoms with Crippen LogP contribution in [0.3, 0.4) is 0 Å². The van der Waals surface area contributed by atoms with Gasteiger partial charge in [0.05, 0.1) is 0 Å². The van der Waals surface area contributed by atoms with E-state index in [1.54, 1.807) is 0 Å². The van der Waals surface area contributed by atoms with Crippen LogP contribution in [-0.2, 0) is 11.8 Å². The third-order valence-corrected chi connectivity index (χ3v) is 4.99. The average Bonchev–Trinajstić information content (AvgIpc) is 2.47. The molecule has 1 aliphatic heterocycles. The molecule has 8 heteroatoms. The number of rotatable bonds is 0. The minimum absolute atomic E-state index is 1.23. The fourth-order valence-electron chi connectivity index (χ4n) is 1.08. The van der Waals surface area contributed by atoms with E-state index < -0.39 is 11.8 Å². The van der Waals surface area contributed by atoms with Gasteiger partial charge >= 0.3 is 62.9 Å². The van der Waals surface area contributed by atoms with Crippen molar-refractivity contribution in [2.24, 2.45) is 0 Å². The number of nitriles is 5. The van der Waals surface area contributed by atoms with Crippen molar-refractivity contribution >= 4 is 0 Å². The molecule has 0 aromatic rings. The van der Waals surface area contributed by atoms with Crippen molar-refractivity contribution in [1.29, 1.82) is 26.3 Å². The molecule has 1 fully saturated rings. The molecule has 7 nitrogen and oxygen atoms in total. The van der Waals surface area contributed by atoms with Crippen LogP contribution in [0.15, 0.2) is 0 Å². The standard InChI is InChI=1S/C6H14N2.5CN.Fe/c1-7-3-5-8(2)6-4-7;5*1-2;/h3-6H2,1-2H3;;;;;;. The summed E-state index contributed by atoms with van der Waals surface area (Å²) in [5.41, 5.74) is 0. The van der Waals surface area contributed by atoms with Crippen LogP contribution in [0.25, 0.3) is 0 Å². The summed E-state index contributed by atoms with van der Waals surface area (Å²) in [4.78, 5) is 10.8. The van der Waals surface area contributed by atoms with Crippen molar-refractivity contribution in [2.45, 2.75) is 0 Å². The third kappa shape index (κ3) is 3.94. The van der Waals surface area contributed by atoms with E-state index in [0.29, 0.717) is 0 Å². The molecule has 0 aromatic heterocycles. The summed E-state index contributed by atoms with van der Waals surface area (Å²) >= 11 is -4.78. The Bertz CT molecular complexity index is 419. The van der Waals surface area contributed by atoms with E-state index in [1.165, 1.54) is 51.0 Å². The summed E-state index contributed by atoms with van der Waals surface area (Å²) in [5.74, 6) is 0. The average molecular weight is 300 g/mol. The molecule has 0 spiro atoms. The van der Waals surface area contributed by atoms with Crippen molar-refractivity contribution in [3.63, 3.8) is 0 Å². The molecule has 0 amide bonds. The first kappa shape index (κ1) is 16.9. The topological polar surface area (TPSA) is 125 Å². The molecule has 1 saturated heterocycles. The second kappa shape index (κ2) is 6.72. The molecule has 1 rings (SSSR count). The van der Waals surface area contributed by atoms with Crippen molar-refractivity contribution in [2.75, 3.05) is 40.3 Å². The maximum atomic E-state index is 8.35. The van der Waals surface area contributed by atoms with Crippen LogP contribution in [0.2, 0.25) is 0 Å². The molecule has 0 aromatic carbocycles. The molecule has 101 valence electrons. The summed E-state index contributed by atoms with van der Waals surface area (Å²) in [6, 6.07) is 0. The van der Waals surface area contributed by atoms with Crippen LogP contribution in [0.1, 0.15) is 0 Å². The summed E-state index contributed by atoms with van der Waals surface area (Å²) < 4.78 is 0. The van der Waals surface area contributed by atoms with Gasteiger partial charge in [-0.15, -0.1) is 0 Å². The van der Waals surface area contributed by atoms with Crippen molar-refractivity contribution in [3.05, 3.63) is 0 Å². The molecule has 0 unspecified atom stereocenters. The van der Waals surface area contributed by atoms with Crippen LogP contribution in [0.5, 0.6) is 0 Å². The Kier molecular flexibility index (Phi) is 5.98. The van der Waals surface area contributed by atoms with Crippen LogP contribution >= 0.6 is 0 Å². The van der Waals surface area contributed by atoms with Gasteiger partial charge in [0.1, 0.15) is 0 Å².